The second kappa shape index (κ2) is 4.81. The second-order valence-corrected chi connectivity index (χ2v) is 4.22. The molecule has 2 fully saturated rings. The van der Waals surface area contributed by atoms with Gasteiger partial charge in [-0.1, -0.05) is 0 Å². The topological polar surface area (TPSA) is 71.1 Å². The summed E-state index contributed by atoms with van der Waals surface area (Å²) >= 11 is 0. The van der Waals surface area contributed by atoms with Crippen LogP contribution in [0, 0.1) is 5.92 Å². The van der Waals surface area contributed by atoms with Crippen molar-refractivity contribution in [3.8, 4) is 0 Å². The van der Waals surface area contributed by atoms with E-state index in [0.29, 0.717) is 12.5 Å². The second-order valence-electron chi connectivity index (χ2n) is 4.22. The number of epoxide rings is 1. The molecule has 0 saturated carbocycles. The minimum atomic E-state index is -0.956. The molecule has 2 saturated heterocycles. The lowest BCUT2D eigenvalue weighted by Crippen LogP contribution is -2.40. The van der Waals surface area contributed by atoms with Gasteiger partial charge >= 0.3 is 6.09 Å². The molecule has 0 aromatic rings. The predicted molar refractivity (Wildman–Crippen MR) is 52.8 cm³/mol. The highest BCUT2D eigenvalue weighted by Gasteiger charge is 2.35. The zero-order valence-corrected chi connectivity index (χ0v) is 8.65. The van der Waals surface area contributed by atoms with Gasteiger partial charge < -0.3 is 19.9 Å². The molecule has 0 radical (unpaired) electrons. The van der Waals surface area contributed by atoms with Crippen LogP contribution in [-0.4, -0.2) is 43.2 Å². The molecule has 86 valence electrons. The minimum absolute atomic E-state index is 0.0365. The van der Waals surface area contributed by atoms with E-state index in [1.165, 1.54) is 0 Å². The highest BCUT2D eigenvalue weighted by molar-refractivity contribution is 5.65. The summed E-state index contributed by atoms with van der Waals surface area (Å²) in [6, 6.07) is -0.0365. The van der Waals surface area contributed by atoms with Crippen LogP contribution in [0.5, 0.6) is 0 Å². The normalized spacial score (nSPS) is 28.4. The Balaban J connectivity index is 1.79. The molecule has 0 aromatic heterocycles. The van der Waals surface area contributed by atoms with Crippen LogP contribution in [0.25, 0.3) is 0 Å². The van der Waals surface area contributed by atoms with Crippen molar-refractivity contribution < 1.29 is 19.4 Å². The Labute approximate surface area is 88.7 Å². The fourth-order valence-corrected chi connectivity index (χ4v) is 2.09. The van der Waals surface area contributed by atoms with Crippen molar-refractivity contribution in [1.29, 1.82) is 0 Å². The molecule has 0 aliphatic carbocycles. The number of nitrogens with one attached hydrogen (secondary N) is 1. The average molecular weight is 215 g/mol. The third-order valence-electron chi connectivity index (χ3n) is 3.04. The maximum atomic E-state index is 10.6. The molecule has 0 bridgehead atoms. The molecule has 1 amide bonds. The number of hydrogen-bond donors (Lipinski definition) is 2. The Kier molecular flexibility index (Phi) is 3.43. The van der Waals surface area contributed by atoms with Crippen molar-refractivity contribution in [3.63, 3.8) is 0 Å². The van der Waals surface area contributed by atoms with Gasteiger partial charge in [-0.2, -0.15) is 0 Å². The zero-order chi connectivity index (χ0) is 10.7. The van der Waals surface area contributed by atoms with Crippen molar-refractivity contribution in [2.24, 2.45) is 5.92 Å². The summed E-state index contributed by atoms with van der Waals surface area (Å²) in [7, 11) is 0. The fraction of sp³-hybridized carbons (Fsp3) is 0.900. The highest BCUT2D eigenvalue weighted by atomic mass is 16.6. The van der Waals surface area contributed by atoms with Crippen LogP contribution in [0.1, 0.15) is 19.3 Å². The van der Waals surface area contributed by atoms with Crippen LogP contribution in [0.2, 0.25) is 0 Å². The van der Waals surface area contributed by atoms with Gasteiger partial charge in [0.1, 0.15) is 6.10 Å². The molecule has 0 aromatic carbocycles. The molecule has 2 atom stereocenters. The van der Waals surface area contributed by atoms with E-state index in [1.54, 1.807) is 0 Å². The van der Waals surface area contributed by atoms with Gasteiger partial charge in [-0.25, -0.2) is 4.79 Å². The lowest BCUT2D eigenvalue weighted by atomic mass is 9.91. The van der Waals surface area contributed by atoms with Crippen LogP contribution >= 0.6 is 0 Å². The summed E-state index contributed by atoms with van der Waals surface area (Å²) < 4.78 is 10.4. The molecule has 0 spiro atoms. The monoisotopic (exact) mass is 215 g/mol. The van der Waals surface area contributed by atoms with Gasteiger partial charge in [0.05, 0.1) is 12.6 Å². The molecule has 5 heteroatoms. The summed E-state index contributed by atoms with van der Waals surface area (Å²) in [5.41, 5.74) is 0. The van der Waals surface area contributed by atoms with Gasteiger partial charge in [-0.3, -0.25) is 0 Å². The summed E-state index contributed by atoms with van der Waals surface area (Å²) in [6.07, 6.45) is 2.08. The van der Waals surface area contributed by atoms with Gasteiger partial charge in [0.25, 0.3) is 0 Å². The van der Waals surface area contributed by atoms with E-state index < -0.39 is 6.09 Å². The molecule has 2 aliphatic heterocycles. The van der Waals surface area contributed by atoms with Crippen LogP contribution < -0.4 is 5.32 Å². The highest BCUT2D eigenvalue weighted by Crippen LogP contribution is 2.25. The number of carbonyl (C=O) groups is 1. The van der Waals surface area contributed by atoms with E-state index in [4.69, 9.17) is 14.6 Å². The van der Waals surface area contributed by atoms with E-state index in [0.717, 1.165) is 32.5 Å². The Hall–Kier alpha value is -0.810. The van der Waals surface area contributed by atoms with Gasteiger partial charge in [0, 0.05) is 13.2 Å². The van der Waals surface area contributed by atoms with Crippen molar-refractivity contribution in [2.75, 3.05) is 19.8 Å². The van der Waals surface area contributed by atoms with E-state index in [1.807, 2.05) is 0 Å². The van der Waals surface area contributed by atoms with Crippen LogP contribution in [-0.2, 0) is 9.47 Å². The SMILES string of the molecule is O=C(O)N[C@@H](CC1CCOCC1)C1CO1. The maximum absolute atomic E-state index is 10.6. The molecule has 15 heavy (non-hydrogen) atoms. The largest absolute Gasteiger partial charge is 0.465 e. The molecular weight excluding hydrogens is 198 g/mol. The number of ether oxygens (including phenoxy) is 2. The molecule has 5 nitrogen and oxygen atoms in total. The first-order valence-electron chi connectivity index (χ1n) is 5.44. The molecule has 2 N–H and O–H groups in total. The number of amides is 1. The Morgan fingerprint density at radius 2 is 2.13 bits per heavy atom. The first-order chi connectivity index (χ1) is 7.25. The summed E-state index contributed by atoms with van der Waals surface area (Å²) in [5.74, 6) is 0.569. The van der Waals surface area contributed by atoms with Gasteiger partial charge in [-0.05, 0) is 25.2 Å². The first-order valence-corrected chi connectivity index (χ1v) is 5.44. The Morgan fingerprint density at radius 3 is 2.67 bits per heavy atom. The first kappa shape index (κ1) is 10.7. The fourth-order valence-electron chi connectivity index (χ4n) is 2.09. The van der Waals surface area contributed by atoms with E-state index in [9.17, 15) is 4.79 Å². The lowest BCUT2D eigenvalue weighted by Gasteiger charge is -2.25. The smallest absolute Gasteiger partial charge is 0.404 e. The third kappa shape index (κ3) is 3.35. The molecule has 2 rings (SSSR count). The van der Waals surface area contributed by atoms with Crippen LogP contribution in [0.3, 0.4) is 0 Å². The Bertz CT molecular complexity index is 223. The van der Waals surface area contributed by atoms with E-state index in [-0.39, 0.29) is 12.1 Å². The minimum Gasteiger partial charge on any atom is -0.465 e. The molecule has 1 unspecified atom stereocenters. The Morgan fingerprint density at radius 1 is 1.47 bits per heavy atom. The number of hydrogen-bond acceptors (Lipinski definition) is 3. The van der Waals surface area contributed by atoms with Crippen molar-refractivity contribution >= 4 is 6.09 Å². The third-order valence-corrected chi connectivity index (χ3v) is 3.04. The number of rotatable bonds is 4. The van der Waals surface area contributed by atoms with Gasteiger partial charge in [0.15, 0.2) is 0 Å². The molecule has 2 heterocycles. The lowest BCUT2D eigenvalue weighted by molar-refractivity contribution is 0.0593. The van der Waals surface area contributed by atoms with E-state index >= 15 is 0 Å². The average Bonchev–Trinajstić information content (AvgIpc) is 3.01. The quantitative estimate of drug-likeness (QED) is 0.682. The van der Waals surface area contributed by atoms with E-state index in [2.05, 4.69) is 5.32 Å². The summed E-state index contributed by atoms with van der Waals surface area (Å²) in [4.78, 5) is 10.6. The standard InChI is InChI=1S/C10H17NO4/c12-10(13)11-8(9-6-15-9)5-7-1-3-14-4-2-7/h7-9,11H,1-6H2,(H,12,13)/t8-,9?/m0/s1. The van der Waals surface area contributed by atoms with Crippen molar-refractivity contribution in [1.82, 2.24) is 5.32 Å². The van der Waals surface area contributed by atoms with Crippen molar-refractivity contribution in [2.45, 2.75) is 31.4 Å². The summed E-state index contributed by atoms with van der Waals surface area (Å²) in [6.45, 7) is 2.29. The zero-order valence-electron chi connectivity index (χ0n) is 8.65. The van der Waals surface area contributed by atoms with Crippen LogP contribution in [0.15, 0.2) is 0 Å². The predicted octanol–water partition coefficient (Wildman–Crippen LogP) is 0.838. The van der Waals surface area contributed by atoms with Crippen LogP contribution in [0.4, 0.5) is 4.79 Å². The molecule has 2 aliphatic rings. The maximum Gasteiger partial charge on any atom is 0.404 e. The summed E-state index contributed by atoms with van der Waals surface area (Å²) in [5, 5.41) is 11.2. The van der Waals surface area contributed by atoms with Gasteiger partial charge in [0.2, 0.25) is 0 Å². The van der Waals surface area contributed by atoms with Gasteiger partial charge in [-0.15, -0.1) is 0 Å². The number of carboxylic acid groups (broad SMARTS) is 1. The molecular formula is C10H17NO4. The van der Waals surface area contributed by atoms with Crippen molar-refractivity contribution in [3.05, 3.63) is 0 Å².